The number of sulfonamides is 1. The molecule has 4 rings (SSSR count). The monoisotopic (exact) mass is 449 g/mol. The molecule has 2 aromatic carbocycles. The average Bonchev–Trinajstić information content (AvgIpc) is 3.36. The van der Waals surface area contributed by atoms with Gasteiger partial charge in [-0.3, -0.25) is 0 Å². The fourth-order valence-corrected chi connectivity index (χ4v) is 6.03. The summed E-state index contributed by atoms with van der Waals surface area (Å²) in [6.45, 7) is 1.36. The zero-order valence-corrected chi connectivity index (χ0v) is 18.0. The molecule has 9 heteroatoms. The molecule has 1 aliphatic rings. The lowest BCUT2D eigenvalue weighted by molar-refractivity contribution is -0.773. The van der Waals surface area contributed by atoms with Crippen molar-refractivity contribution in [3.05, 3.63) is 77.5 Å². The van der Waals surface area contributed by atoms with Gasteiger partial charge >= 0.3 is 10.0 Å². The van der Waals surface area contributed by atoms with Crippen molar-refractivity contribution >= 4 is 27.3 Å². The number of benzene rings is 2. The lowest BCUT2D eigenvalue weighted by atomic mass is 9.89. The van der Waals surface area contributed by atoms with Gasteiger partial charge in [0, 0.05) is 29.1 Å². The number of halogens is 2. The van der Waals surface area contributed by atoms with E-state index in [9.17, 15) is 12.8 Å². The van der Waals surface area contributed by atoms with Gasteiger partial charge in [0.05, 0.1) is 26.1 Å². The number of aromatic nitrogens is 2. The van der Waals surface area contributed by atoms with Crippen molar-refractivity contribution in [1.29, 1.82) is 0 Å². The van der Waals surface area contributed by atoms with Crippen molar-refractivity contribution in [2.24, 2.45) is 5.92 Å². The molecule has 0 spiro atoms. The molecular weight excluding hydrogens is 427 g/mol. The number of hydrogen-bond donors (Lipinski definition) is 2. The SMILES string of the molecule is C[N@+]1(S(=O)(=O)c2cnc[nH]2)CC(CNc2cccc(Cl)c2)[C@H](c2ccc(F)cc2)C1. The Morgan fingerprint density at radius 2 is 2.00 bits per heavy atom. The number of nitrogens with zero attached hydrogens (tertiary/aromatic N) is 2. The van der Waals surface area contributed by atoms with Crippen LogP contribution in [0.25, 0.3) is 0 Å². The van der Waals surface area contributed by atoms with Crippen molar-refractivity contribution in [1.82, 2.24) is 9.97 Å². The Bertz CT molecular complexity index is 1120. The second-order valence-electron chi connectivity index (χ2n) is 7.86. The van der Waals surface area contributed by atoms with E-state index in [-0.39, 0.29) is 26.6 Å². The zero-order chi connectivity index (χ0) is 21.4. The minimum absolute atomic E-state index is 0.0112. The number of aromatic amines is 1. The highest BCUT2D eigenvalue weighted by atomic mass is 35.5. The van der Waals surface area contributed by atoms with E-state index < -0.39 is 10.0 Å². The molecule has 6 nitrogen and oxygen atoms in total. The smallest absolute Gasteiger partial charge is 0.344 e. The summed E-state index contributed by atoms with van der Waals surface area (Å²) in [6.07, 6.45) is 2.70. The van der Waals surface area contributed by atoms with Crippen LogP contribution in [0.3, 0.4) is 0 Å². The van der Waals surface area contributed by atoms with Crippen molar-refractivity contribution in [3.63, 3.8) is 0 Å². The predicted octanol–water partition coefficient (Wildman–Crippen LogP) is 3.86. The van der Waals surface area contributed by atoms with Crippen LogP contribution >= 0.6 is 11.6 Å². The van der Waals surface area contributed by atoms with Crippen LogP contribution in [-0.4, -0.2) is 49.0 Å². The van der Waals surface area contributed by atoms with E-state index in [2.05, 4.69) is 15.3 Å². The van der Waals surface area contributed by atoms with Crippen molar-refractivity contribution in [2.45, 2.75) is 10.9 Å². The van der Waals surface area contributed by atoms with Gasteiger partial charge in [0.15, 0.2) is 0 Å². The molecule has 1 unspecified atom stereocenters. The first-order valence-corrected chi connectivity index (χ1v) is 11.4. The second kappa shape index (κ2) is 8.02. The molecule has 0 aliphatic carbocycles. The molecule has 3 atom stereocenters. The number of quaternary nitrogens is 1. The summed E-state index contributed by atoms with van der Waals surface area (Å²) in [5, 5.41) is 4.11. The quantitative estimate of drug-likeness (QED) is 0.560. The number of anilines is 1. The van der Waals surface area contributed by atoms with Gasteiger partial charge in [0.25, 0.3) is 0 Å². The third-order valence-electron chi connectivity index (χ3n) is 5.80. The third kappa shape index (κ3) is 3.95. The molecule has 1 aromatic heterocycles. The Balaban J connectivity index is 1.64. The van der Waals surface area contributed by atoms with Crippen LogP contribution < -0.4 is 5.32 Å². The van der Waals surface area contributed by atoms with Crippen LogP contribution in [0, 0.1) is 11.7 Å². The molecule has 1 aliphatic heterocycles. The van der Waals surface area contributed by atoms with Gasteiger partial charge < -0.3 is 10.3 Å². The lowest BCUT2D eigenvalue weighted by Crippen LogP contribution is -2.47. The molecule has 0 amide bonds. The highest BCUT2D eigenvalue weighted by Crippen LogP contribution is 2.40. The first-order chi connectivity index (χ1) is 14.3. The van der Waals surface area contributed by atoms with Crippen LogP contribution in [0.5, 0.6) is 0 Å². The molecular formula is C21H23ClFN4O2S+. The maximum absolute atomic E-state index is 13.5. The fraction of sp³-hybridized carbons (Fsp3) is 0.286. The molecule has 1 fully saturated rings. The molecule has 0 radical (unpaired) electrons. The Labute approximate surface area is 180 Å². The summed E-state index contributed by atoms with van der Waals surface area (Å²) in [4.78, 5) is 6.60. The molecule has 2 heterocycles. The van der Waals surface area contributed by atoms with E-state index >= 15 is 0 Å². The van der Waals surface area contributed by atoms with Crippen LogP contribution in [0.2, 0.25) is 5.02 Å². The van der Waals surface area contributed by atoms with Gasteiger partial charge in [-0.05, 0) is 35.9 Å². The predicted molar refractivity (Wildman–Crippen MR) is 114 cm³/mol. The molecule has 3 aromatic rings. The number of likely N-dealkylation sites (N-methyl/N-ethyl adjacent to an activating group) is 1. The van der Waals surface area contributed by atoms with Crippen LogP contribution in [0.4, 0.5) is 10.1 Å². The van der Waals surface area contributed by atoms with Gasteiger partial charge in [-0.1, -0.05) is 29.8 Å². The minimum atomic E-state index is -3.67. The fourth-order valence-electron chi connectivity index (χ4n) is 4.22. The standard InChI is InChI=1S/C21H23ClFN4O2S/c1-27(30(28,29)21-11-24-14-26-21)12-16(10-25-19-4-2-3-17(22)9-19)20(13-27)15-5-7-18(23)8-6-15/h2-9,11,14,16,20,25H,10,12-13H2,1H3,(H,24,26)/q+1/t16?,20-,27-/m0/s1. The average molecular weight is 450 g/mol. The number of imidazole rings is 1. The van der Waals surface area contributed by atoms with Crippen molar-refractivity contribution in [3.8, 4) is 0 Å². The van der Waals surface area contributed by atoms with Crippen LogP contribution in [-0.2, 0) is 10.0 Å². The normalized spacial score (nSPS) is 24.1. The number of rotatable bonds is 6. The van der Waals surface area contributed by atoms with Gasteiger partial charge in [0.1, 0.15) is 12.4 Å². The number of hydrogen-bond acceptors (Lipinski definition) is 4. The Kier molecular flexibility index (Phi) is 5.57. The summed E-state index contributed by atoms with van der Waals surface area (Å²) >= 11 is 6.07. The molecule has 2 N–H and O–H groups in total. The van der Waals surface area contributed by atoms with Gasteiger partial charge in [-0.25, -0.2) is 13.3 Å². The summed E-state index contributed by atoms with van der Waals surface area (Å²) in [7, 11) is -1.94. The van der Waals surface area contributed by atoms with E-state index in [1.807, 2.05) is 18.2 Å². The van der Waals surface area contributed by atoms with E-state index in [0.717, 1.165) is 11.3 Å². The van der Waals surface area contributed by atoms with E-state index in [1.165, 1.54) is 24.7 Å². The zero-order valence-electron chi connectivity index (χ0n) is 16.4. The number of nitrogens with one attached hydrogen (secondary N) is 2. The first-order valence-electron chi connectivity index (χ1n) is 9.61. The Hall–Kier alpha value is -2.42. The first kappa shape index (κ1) is 20.8. The van der Waals surface area contributed by atoms with Crippen molar-refractivity contribution in [2.75, 3.05) is 32.0 Å². The second-order valence-corrected chi connectivity index (χ2v) is 10.6. The van der Waals surface area contributed by atoms with E-state index in [0.29, 0.717) is 24.7 Å². The van der Waals surface area contributed by atoms with E-state index in [1.54, 1.807) is 25.2 Å². The summed E-state index contributed by atoms with van der Waals surface area (Å²) in [5.41, 5.74) is 1.80. The van der Waals surface area contributed by atoms with Crippen LogP contribution in [0.15, 0.2) is 66.1 Å². The van der Waals surface area contributed by atoms with E-state index in [4.69, 9.17) is 11.6 Å². The number of H-pyrrole nitrogens is 1. The molecule has 30 heavy (non-hydrogen) atoms. The van der Waals surface area contributed by atoms with Gasteiger partial charge in [0.2, 0.25) is 5.03 Å². The van der Waals surface area contributed by atoms with Gasteiger partial charge in [-0.2, -0.15) is 8.42 Å². The summed E-state index contributed by atoms with van der Waals surface area (Å²) in [5.74, 6) is -0.357. The molecule has 158 valence electrons. The Morgan fingerprint density at radius 1 is 1.23 bits per heavy atom. The minimum Gasteiger partial charge on any atom is -0.384 e. The largest absolute Gasteiger partial charge is 0.384 e. The Morgan fingerprint density at radius 3 is 2.67 bits per heavy atom. The molecule has 0 saturated carbocycles. The molecule has 0 bridgehead atoms. The summed E-state index contributed by atoms with van der Waals surface area (Å²) < 4.78 is 39.9. The van der Waals surface area contributed by atoms with Crippen LogP contribution in [0.1, 0.15) is 11.5 Å². The summed E-state index contributed by atoms with van der Waals surface area (Å²) in [6, 6.07) is 13.7. The molecule has 1 saturated heterocycles. The highest BCUT2D eigenvalue weighted by molar-refractivity contribution is 7.85. The topological polar surface area (TPSA) is 74.8 Å². The lowest BCUT2D eigenvalue weighted by Gasteiger charge is -2.27. The van der Waals surface area contributed by atoms with Gasteiger partial charge in [-0.15, -0.1) is 0 Å². The highest BCUT2D eigenvalue weighted by Gasteiger charge is 2.51. The number of likely N-dealkylation sites (tertiary alicyclic amines) is 1. The maximum Gasteiger partial charge on any atom is 0.344 e. The maximum atomic E-state index is 13.5. The third-order valence-corrected chi connectivity index (χ3v) is 8.27. The van der Waals surface area contributed by atoms with Crippen molar-refractivity contribution < 1.29 is 16.7 Å².